The Morgan fingerprint density at radius 2 is 2.00 bits per heavy atom. The molecule has 2 amide bonds. The predicted octanol–water partition coefficient (Wildman–Crippen LogP) is -0.00440. The minimum absolute atomic E-state index is 0.0507. The van der Waals surface area contributed by atoms with Crippen molar-refractivity contribution in [1.82, 2.24) is 9.80 Å². The number of carbonyl (C=O) groups excluding carboxylic acids is 2. The van der Waals surface area contributed by atoms with Crippen molar-refractivity contribution in [1.29, 1.82) is 0 Å². The standard InChI is InChI=1S/C15H24N2O4/c1-21-5-4-16-9-10(6-14(16)19)15(20)17-11-2-3-12(17)8-13(18)7-11/h10-13,18H,2-9H2,1H3. The van der Waals surface area contributed by atoms with E-state index in [0.29, 0.717) is 39.0 Å². The summed E-state index contributed by atoms with van der Waals surface area (Å²) >= 11 is 0. The lowest BCUT2D eigenvalue weighted by atomic mass is 9.97. The molecule has 6 nitrogen and oxygen atoms in total. The average molecular weight is 296 g/mol. The van der Waals surface area contributed by atoms with Crippen LogP contribution in [0.15, 0.2) is 0 Å². The number of aliphatic hydroxyl groups is 1. The first-order valence-corrected chi connectivity index (χ1v) is 7.87. The van der Waals surface area contributed by atoms with Crippen LogP contribution in [0, 0.1) is 5.92 Å². The SMILES string of the molecule is COCCN1CC(C(=O)N2C3CCC2CC(O)C3)CC1=O. The minimum atomic E-state index is -0.269. The van der Waals surface area contributed by atoms with Gasteiger partial charge in [0.2, 0.25) is 11.8 Å². The molecule has 0 saturated carbocycles. The summed E-state index contributed by atoms with van der Waals surface area (Å²) in [5, 5.41) is 9.82. The summed E-state index contributed by atoms with van der Waals surface area (Å²) in [6.45, 7) is 1.58. The predicted molar refractivity (Wildman–Crippen MR) is 75.5 cm³/mol. The number of rotatable bonds is 4. The number of fused-ring (bicyclic) bond motifs is 2. The van der Waals surface area contributed by atoms with Gasteiger partial charge >= 0.3 is 0 Å². The zero-order valence-electron chi connectivity index (χ0n) is 12.5. The normalized spacial score (nSPS) is 35.6. The van der Waals surface area contributed by atoms with Gasteiger partial charge < -0.3 is 19.6 Å². The van der Waals surface area contributed by atoms with Crippen LogP contribution in [-0.4, -0.2) is 71.7 Å². The van der Waals surface area contributed by atoms with Gasteiger partial charge in [-0.25, -0.2) is 0 Å². The average Bonchev–Trinajstić information content (AvgIpc) is 2.95. The van der Waals surface area contributed by atoms with Gasteiger partial charge in [0.05, 0.1) is 18.6 Å². The van der Waals surface area contributed by atoms with E-state index in [0.717, 1.165) is 12.8 Å². The Hall–Kier alpha value is -1.14. The first kappa shape index (κ1) is 14.8. The van der Waals surface area contributed by atoms with Crippen LogP contribution in [0.4, 0.5) is 0 Å². The highest BCUT2D eigenvalue weighted by Gasteiger charge is 2.46. The zero-order valence-corrected chi connectivity index (χ0v) is 12.5. The summed E-state index contributed by atoms with van der Waals surface area (Å²) in [6.07, 6.45) is 3.41. The van der Waals surface area contributed by atoms with E-state index in [1.165, 1.54) is 0 Å². The topological polar surface area (TPSA) is 70.1 Å². The lowest BCUT2D eigenvalue weighted by Gasteiger charge is -2.38. The van der Waals surface area contributed by atoms with E-state index < -0.39 is 0 Å². The lowest BCUT2D eigenvalue weighted by molar-refractivity contribution is -0.141. The van der Waals surface area contributed by atoms with Crippen LogP contribution in [0.3, 0.4) is 0 Å². The highest BCUT2D eigenvalue weighted by molar-refractivity contribution is 5.89. The van der Waals surface area contributed by atoms with Crippen molar-refractivity contribution in [3.05, 3.63) is 0 Å². The molecule has 3 unspecified atom stereocenters. The summed E-state index contributed by atoms with van der Waals surface area (Å²) in [4.78, 5) is 28.4. The second-order valence-electron chi connectivity index (χ2n) is 6.49. The summed E-state index contributed by atoms with van der Waals surface area (Å²) in [5.74, 6) is -0.0508. The van der Waals surface area contributed by atoms with Gasteiger partial charge in [-0.1, -0.05) is 0 Å². The number of amides is 2. The Morgan fingerprint density at radius 3 is 2.62 bits per heavy atom. The van der Waals surface area contributed by atoms with Gasteiger partial charge in [-0.3, -0.25) is 9.59 Å². The van der Waals surface area contributed by atoms with Crippen LogP contribution in [-0.2, 0) is 14.3 Å². The van der Waals surface area contributed by atoms with Gasteiger partial charge in [-0.2, -0.15) is 0 Å². The van der Waals surface area contributed by atoms with E-state index in [9.17, 15) is 14.7 Å². The molecular weight excluding hydrogens is 272 g/mol. The largest absolute Gasteiger partial charge is 0.393 e. The molecule has 1 N–H and O–H groups in total. The maximum Gasteiger partial charge on any atom is 0.228 e. The number of piperidine rings is 1. The van der Waals surface area contributed by atoms with Gasteiger partial charge in [0.1, 0.15) is 0 Å². The number of nitrogens with zero attached hydrogens (tertiary/aromatic N) is 2. The van der Waals surface area contributed by atoms with E-state index in [1.807, 2.05) is 4.90 Å². The van der Waals surface area contributed by atoms with Crippen molar-refractivity contribution in [2.24, 2.45) is 5.92 Å². The summed E-state index contributed by atoms with van der Waals surface area (Å²) < 4.78 is 5.00. The number of methoxy groups -OCH3 is 1. The molecule has 0 aliphatic carbocycles. The number of hydrogen-bond acceptors (Lipinski definition) is 4. The van der Waals surface area contributed by atoms with E-state index in [4.69, 9.17) is 4.74 Å². The number of likely N-dealkylation sites (tertiary alicyclic amines) is 1. The van der Waals surface area contributed by atoms with Crippen LogP contribution < -0.4 is 0 Å². The van der Waals surface area contributed by atoms with Crippen LogP contribution in [0.2, 0.25) is 0 Å². The smallest absolute Gasteiger partial charge is 0.228 e. The molecule has 3 aliphatic rings. The fraction of sp³-hybridized carbons (Fsp3) is 0.867. The molecular formula is C15H24N2O4. The Kier molecular flexibility index (Phi) is 4.17. The van der Waals surface area contributed by atoms with Gasteiger partial charge in [0, 0.05) is 38.7 Å². The molecule has 3 fully saturated rings. The second-order valence-corrected chi connectivity index (χ2v) is 6.49. The molecule has 0 aromatic heterocycles. The zero-order chi connectivity index (χ0) is 15.0. The van der Waals surface area contributed by atoms with Crippen LogP contribution in [0.25, 0.3) is 0 Å². The fourth-order valence-corrected chi connectivity index (χ4v) is 4.07. The maximum atomic E-state index is 12.8. The van der Waals surface area contributed by atoms with Gasteiger partial charge in [-0.05, 0) is 25.7 Å². The molecule has 3 saturated heterocycles. The Labute approximate surface area is 125 Å². The quantitative estimate of drug-likeness (QED) is 0.792. The van der Waals surface area contributed by atoms with Crippen molar-refractivity contribution >= 4 is 11.8 Å². The summed E-state index contributed by atoms with van der Waals surface area (Å²) in [5.41, 5.74) is 0. The van der Waals surface area contributed by atoms with Gasteiger partial charge in [0.15, 0.2) is 0 Å². The Balaban J connectivity index is 1.63. The lowest BCUT2D eigenvalue weighted by Crippen LogP contribution is -2.50. The first-order valence-electron chi connectivity index (χ1n) is 7.87. The highest BCUT2D eigenvalue weighted by Crippen LogP contribution is 2.37. The van der Waals surface area contributed by atoms with E-state index in [1.54, 1.807) is 12.0 Å². The maximum absolute atomic E-state index is 12.8. The molecule has 6 heteroatoms. The molecule has 0 aromatic rings. The third kappa shape index (κ3) is 2.79. The molecule has 3 heterocycles. The number of ether oxygens (including phenoxy) is 1. The van der Waals surface area contributed by atoms with Crippen LogP contribution >= 0.6 is 0 Å². The van der Waals surface area contributed by atoms with Gasteiger partial charge in [-0.15, -0.1) is 0 Å². The monoisotopic (exact) mass is 296 g/mol. The van der Waals surface area contributed by atoms with Crippen molar-refractivity contribution < 1.29 is 19.4 Å². The third-order valence-corrected chi connectivity index (χ3v) is 5.09. The van der Waals surface area contributed by atoms with E-state index in [-0.39, 0.29) is 35.9 Å². The molecule has 2 bridgehead atoms. The summed E-state index contributed by atoms with van der Waals surface area (Å²) in [7, 11) is 1.61. The highest BCUT2D eigenvalue weighted by atomic mass is 16.5. The second kappa shape index (κ2) is 5.93. The number of hydrogen-bond donors (Lipinski definition) is 1. The molecule has 0 spiro atoms. The summed E-state index contributed by atoms with van der Waals surface area (Å²) in [6, 6.07) is 0.351. The first-order chi connectivity index (χ1) is 10.1. The van der Waals surface area contributed by atoms with Crippen molar-refractivity contribution in [3.8, 4) is 0 Å². The Bertz CT molecular complexity index is 414. The molecule has 0 radical (unpaired) electrons. The van der Waals surface area contributed by atoms with Gasteiger partial charge in [0.25, 0.3) is 0 Å². The van der Waals surface area contributed by atoms with Crippen molar-refractivity contribution in [3.63, 3.8) is 0 Å². The molecule has 3 aliphatic heterocycles. The number of aliphatic hydroxyl groups excluding tert-OH is 1. The molecule has 3 rings (SSSR count). The third-order valence-electron chi connectivity index (χ3n) is 5.09. The van der Waals surface area contributed by atoms with Crippen LogP contribution in [0.5, 0.6) is 0 Å². The van der Waals surface area contributed by atoms with Crippen molar-refractivity contribution in [2.45, 2.75) is 50.3 Å². The number of carbonyl (C=O) groups is 2. The molecule has 21 heavy (non-hydrogen) atoms. The molecule has 0 aromatic carbocycles. The van der Waals surface area contributed by atoms with Crippen LogP contribution in [0.1, 0.15) is 32.1 Å². The molecule has 118 valence electrons. The Morgan fingerprint density at radius 1 is 1.33 bits per heavy atom. The van der Waals surface area contributed by atoms with E-state index in [2.05, 4.69) is 0 Å². The fourth-order valence-electron chi connectivity index (χ4n) is 4.07. The van der Waals surface area contributed by atoms with E-state index >= 15 is 0 Å². The van der Waals surface area contributed by atoms with Crippen molar-refractivity contribution in [2.75, 3.05) is 26.8 Å². The minimum Gasteiger partial charge on any atom is -0.393 e. The molecule has 3 atom stereocenters.